The average Bonchev–Trinajstić information content (AvgIpc) is 3.19. The number of aryl methyl sites for hydroxylation is 1. The first-order valence-electron chi connectivity index (χ1n) is 7.98. The Kier molecular flexibility index (Phi) is 3.61. The van der Waals surface area contributed by atoms with E-state index in [4.69, 9.17) is 0 Å². The van der Waals surface area contributed by atoms with Crippen molar-refractivity contribution in [3.05, 3.63) is 72.1 Å². The molecule has 0 spiro atoms. The summed E-state index contributed by atoms with van der Waals surface area (Å²) < 4.78 is 15.7. The van der Waals surface area contributed by atoms with E-state index in [1.54, 1.807) is 12.4 Å². The van der Waals surface area contributed by atoms with Gasteiger partial charge in [-0.15, -0.1) is 0 Å². The van der Waals surface area contributed by atoms with Crippen LogP contribution < -0.4 is 0 Å². The van der Waals surface area contributed by atoms with Gasteiger partial charge in [0, 0.05) is 29.9 Å². The highest BCUT2D eigenvalue weighted by Gasteiger charge is 2.14. The Morgan fingerprint density at radius 2 is 2.00 bits per heavy atom. The zero-order valence-electron chi connectivity index (χ0n) is 13.3. The summed E-state index contributed by atoms with van der Waals surface area (Å²) in [6.07, 6.45) is 6.03. The van der Waals surface area contributed by atoms with Crippen LogP contribution >= 0.6 is 0 Å². The van der Waals surface area contributed by atoms with Gasteiger partial charge < -0.3 is 4.98 Å². The van der Waals surface area contributed by atoms with Crippen molar-refractivity contribution >= 4 is 11.0 Å². The van der Waals surface area contributed by atoms with E-state index >= 15 is 0 Å². The fraction of sp³-hybridized carbons (Fsp3) is 0.158. The van der Waals surface area contributed by atoms with Gasteiger partial charge >= 0.3 is 0 Å². The van der Waals surface area contributed by atoms with Crippen molar-refractivity contribution in [1.82, 2.24) is 19.7 Å². The lowest BCUT2D eigenvalue weighted by Gasteiger charge is -2.02. The molecule has 0 saturated heterocycles. The zero-order valence-corrected chi connectivity index (χ0v) is 13.3. The molecule has 0 aliphatic heterocycles. The summed E-state index contributed by atoms with van der Waals surface area (Å²) in [5, 5.41) is 5.09. The molecule has 0 aliphatic rings. The minimum Gasteiger partial charge on any atom is -0.346 e. The second kappa shape index (κ2) is 5.92. The first-order chi connectivity index (χ1) is 11.8. The predicted molar refractivity (Wildman–Crippen MR) is 92.2 cm³/mol. The molecule has 0 fully saturated rings. The van der Waals surface area contributed by atoms with Gasteiger partial charge in [-0.3, -0.25) is 0 Å². The van der Waals surface area contributed by atoms with E-state index in [-0.39, 0.29) is 5.95 Å². The minimum absolute atomic E-state index is 0.321. The molecule has 4 nitrogen and oxygen atoms in total. The standard InChI is InChI=1S/C19H17FN4/c1-2-24-18(20)17(12-23-24)15-9-16-14(10-21-19(16)22-11-15)8-13-6-4-3-5-7-13/h3-7,9-12H,2,8H2,1H3,(H,21,22). The van der Waals surface area contributed by atoms with Gasteiger partial charge in [0.05, 0.1) is 11.8 Å². The number of aromatic amines is 1. The molecule has 24 heavy (non-hydrogen) atoms. The van der Waals surface area contributed by atoms with Crippen LogP contribution in [-0.4, -0.2) is 19.7 Å². The van der Waals surface area contributed by atoms with E-state index in [1.165, 1.54) is 10.2 Å². The fourth-order valence-electron chi connectivity index (χ4n) is 2.95. The van der Waals surface area contributed by atoms with Crippen LogP contribution in [0.3, 0.4) is 0 Å². The smallest absolute Gasteiger partial charge is 0.219 e. The summed E-state index contributed by atoms with van der Waals surface area (Å²) in [6.45, 7) is 2.37. The number of nitrogens with zero attached hydrogens (tertiary/aromatic N) is 3. The number of fused-ring (bicyclic) bond motifs is 1. The molecule has 1 N–H and O–H groups in total. The molecular formula is C19H17FN4. The van der Waals surface area contributed by atoms with Crippen molar-refractivity contribution < 1.29 is 4.39 Å². The molecule has 4 rings (SSSR count). The minimum atomic E-state index is -0.321. The Labute approximate surface area is 139 Å². The monoisotopic (exact) mass is 320 g/mol. The number of rotatable bonds is 4. The van der Waals surface area contributed by atoms with Crippen molar-refractivity contribution in [2.75, 3.05) is 0 Å². The summed E-state index contributed by atoms with van der Waals surface area (Å²) in [6, 6.07) is 12.2. The number of aromatic nitrogens is 4. The molecule has 0 atom stereocenters. The molecule has 1 aromatic carbocycles. The first-order valence-corrected chi connectivity index (χ1v) is 7.98. The molecule has 0 saturated carbocycles. The second-order valence-electron chi connectivity index (χ2n) is 5.76. The van der Waals surface area contributed by atoms with Crippen LogP contribution in [0, 0.1) is 5.95 Å². The van der Waals surface area contributed by atoms with Crippen molar-refractivity contribution in [2.45, 2.75) is 19.9 Å². The maximum Gasteiger partial charge on any atom is 0.219 e. The average molecular weight is 320 g/mol. The van der Waals surface area contributed by atoms with Crippen molar-refractivity contribution in [3.63, 3.8) is 0 Å². The highest BCUT2D eigenvalue weighted by atomic mass is 19.1. The van der Waals surface area contributed by atoms with Gasteiger partial charge in [0.25, 0.3) is 0 Å². The Morgan fingerprint density at radius 1 is 1.17 bits per heavy atom. The van der Waals surface area contributed by atoms with E-state index in [0.717, 1.165) is 28.6 Å². The SMILES string of the molecule is CCn1ncc(-c2cnc3[nH]cc(Cc4ccccc4)c3c2)c1F. The maximum absolute atomic E-state index is 14.4. The molecule has 120 valence electrons. The van der Waals surface area contributed by atoms with E-state index < -0.39 is 0 Å². The third-order valence-electron chi connectivity index (χ3n) is 4.24. The summed E-state index contributed by atoms with van der Waals surface area (Å²) in [4.78, 5) is 7.63. The highest BCUT2D eigenvalue weighted by molar-refractivity contribution is 5.84. The molecule has 0 bridgehead atoms. The van der Waals surface area contributed by atoms with Crippen molar-refractivity contribution in [3.8, 4) is 11.1 Å². The number of hydrogen-bond acceptors (Lipinski definition) is 2. The van der Waals surface area contributed by atoms with Crippen LogP contribution in [0.4, 0.5) is 4.39 Å². The lowest BCUT2D eigenvalue weighted by Crippen LogP contribution is -1.99. The van der Waals surface area contributed by atoms with Gasteiger partial charge in [-0.05, 0) is 30.5 Å². The third-order valence-corrected chi connectivity index (χ3v) is 4.24. The number of benzene rings is 1. The van der Waals surface area contributed by atoms with Gasteiger partial charge in [0.2, 0.25) is 5.95 Å². The normalized spacial score (nSPS) is 11.2. The van der Waals surface area contributed by atoms with Crippen molar-refractivity contribution in [1.29, 1.82) is 0 Å². The molecular weight excluding hydrogens is 303 g/mol. The van der Waals surface area contributed by atoms with Gasteiger partial charge in [-0.1, -0.05) is 30.3 Å². The molecule has 0 unspecified atom stereocenters. The summed E-state index contributed by atoms with van der Waals surface area (Å²) in [5.74, 6) is -0.321. The van der Waals surface area contributed by atoms with Gasteiger partial charge in [0.15, 0.2) is 0 Å². The topological polar surface area (TPSA) is 46.5 Å². The van der Waals surface area contributed by atoms with Crippen LogP contribution in [-0.2, 0) is 13.0 Å². The van der Waals surface area contributed by atoms with Gasteiger partial charge in [-0.25, -0.2) is 9.67 Å². The van der Waals surface area contributed by atoms with Crippen molar-refractivity contribution in [2.24, 2.45) is 0 Å². The molecule has 0 amide bonds. The Hall–Kier alpha value is -2.95. The molecule has 0 aliphatic carbocycles. The summed E-state index contributed by atoms with van der Waals surface area (Å²) in [5.41, 5.74) is 4.42. The first kappa shape index (κ1) is 14.6. The molecule has 5 heteroatoms. The largest absolute Gasteiger partial charge is 0.346 e. The Morgan fingerprint density at radius 3 is 2.75 bits per heavy atom. The lowest BCUT2D eigenvalue weighted by atomic mass is 10.0. The Bertz CT molecular complexity index is 985. The molecule has 3 heterocycles. The molecule has 0 radical (unpaired) electrons. The van der Waals surface area contributed by atoms with Crippen LogP contribution in [0.2, 0.25) is 0 Å². The highest BCUT2D eigenvalue weighted by Crippen LogP contribution is 2.27. The predicted octanol–water partition coefficient (Wildman–Crippen LogP) is 4.18. The third kappa shape index (κ3) is 2.48. The number of halogens is 1. The van der Waals surface area contributed by atoms with Crippen LogP contribution in [0.5, 0.6) is 0 Å². The number of pyridine rings is 1. The van der Waals surface area contributed by atoms with E-state index in [0.29, 0.717) is 12.1 Å². The van der Waals surface area contributed by atoms with E-state index in [9.17, 15) is 4.39 Å². The number of hydrogen-bond donors (Lipinski definition) is 1. The quantitative estimate of drug-likeness (QED) is 0.613. The molecule has 3 aromatic heterocycles. The van der Waals surface area contributed by atoms with Crippen LogP contribution in [0.15, 0.2) is 55.0 Å². The Balaban J connectivity index is 1.77. The summed E-state index contributed by atoms with van der Waals surface area (Å²) >= 11 is 0. The number of nitrogens with one attached hydrogen (secondary N) is 1. The summed E-state index contributed by atoms with van der Waals surface area (Å²) in [7, 11) is 0. The van der Waals surface area contributed by atoms with Crippen LogP contribution in [0.1, 0.15) is 18.1 Å². The fourth-order valence-corrected chi connectivity index (χ4v) is 2.95. The van der Waals surface area contributed by atoms with Gasteiger partial charge in [-0.2, -0.15) is 9.49 Å². The van der Waals surface area contributed by atoms with Crippen LogP contribution in [0.25, 0.3) is 22.2 Å². The van der Waals surface area contributed by atoms with E-state index in [2.05, 4.69) is 27.2 Å². The van der Waals surface area contributed by atoms with Gasteiger partial charge in [0.1, 0.15) is 5.65 Å². The molecule has 4 aromatic rings. The lowest BCUT2D eigenvalue weighted by molar-refractivity contribution is 0.473. The number of H-pyrrole nitrogens is 1. The zero-order chi connectivity index (χ0) is 16.5. The van der Waals surface area contributed by atoms with E-state index in [1.807, 2.05) is 37.4 Å². The maximum atomic E-state index is 14.4. The second-order valence-corrected chi connectivity index (χ2v) is 5.76.